The molecule has 0 fully saturated rings. The Kier molecular flexibility index (Phi) is 5.34. The van der Waals surface area contributed by atoms with E-state index < -0.39 is 5.97 Å². The monoisotopic (exact) mass is 414 g/mol. The van der Waals surface area contributed by atoms with Gasteiger partial charge in [0.25, 0.3) is 0 Å². The van der Waals surface area contributed by atoms with Crippen molar-refractivity contribution in [2.24, 2.45) is 0 Å². The van der Waals surface area contributed by atoms with Crippen molar-refractivity contribution in [2.45, 2.75) is 20.8 Å². The average Bonchev–Trinajstić information content (AvgIpc) is 2.73. The fourth-order valence-corrected chi connectivity index (χ4v) is 3.89. The number of rotatable bonds is 4. The Morgan fingerprint density at radius 3 is 2.32 bits per heavy atom. The highest BCUT2D eigenvalue weighted by Crippen LogP contribution is 2.30. The van der Waals surface area contributed by atoms with E-state index in [4.69, 9.17) is 13.9 Å². The summed E-state index contributed by atoms with van der Waals surface area (Å²) in [6.45, 7) is 5.75. The molecule has 1 aromatic heterocycles. The van der Waals surface area contributed by atoms with E-state index in [1.54, 1.807) is 37.4 Å². The molecule has 0 spiro atoms. The van der Waals surface area contributed by atoms with E-state index >= 15 is 0 Å². The van der Waals surface area contributed by atoms with Crippen LogP contribution in [0.5, 0.6) is 11.5 Å². The second-order valence-corrected chi connectivity index (χ2v) is 7.50. The van der Waals surface area contributed by atoms with Crippen molar-refractivity contribution in [3.63, 3.8) is 0 Å². The molecule has 31 heavy (non-hydrogen) atoms. The van der Waals surface area contributed by atoms with Crippen LogP contribution in [0.2, 0.25) is 0 Å². The number of carbonyl (C=O) groups is 1. The lowest BCUT2D eigenvalue weighted by atomic mass is 10.00. The zero-order chi connectivity index (χ0) is 22.1. The van der Waals surface area contributed by atoms with E-state index in [-0.39, 0.29) is 5.43 Å². The molecule has 0 radical (unpaired) electrons. The van der Waals surface area contributed by atoms with Crippen LogP contribution in [-0.2, 0) is 0 Å². The first-order chi connectivity index (χ1) is 14.9. The Bertz CT molecular complexity index is 1340. The molecule has 0 bridgehead atoms. The van der Waals surface area contributed by atoms with Gasteiger partial charge in [-0.2, -0.15) is 0 Å². The lowest BCUT2D eigenvalue weighted by molar-refractivity contribution is 0.0733. The largest absolute Gasteiger partial charge is 0.496 e. The molecule has 4 rings (SSSR count). The predicted molar refractivity (Wildman–Crippen MR) is 120 cm³/mol. The lowest BCUT2D eigenvalue weighted by Crippen LogP contribution is -2.13. The molecule has 0 aliphatic heterocycles. The maximum Gasteiger partial charge on any atom is 0.344 e. The Morgan fingerprint density at radius 1 is 0.903 bits per heavy atom. The molecular formula is C26H22O5. The smallest absolute Gasteiger partial charge is 0.344 e. The first kappa shape index (κ1) is 20.4. The molecule has 156 valence electrons. The van der Waals surface area contributed by atoms with Crippen molar-refractivity contribution in [1.29, 1.82) is 0 Å². The van der Waals surface area contributed by atoms with Crippen LogP contribution in [0.4, 0.5) is 0 Å². The number of benzene rings is 3. The van der Waals surface area contributed by atoms with Gasteiger partial charge in [0.1, 0.15) is 23.3 Å². The molecule has 0 amide bonds. The number of carbonyl (C=O) groups excluding carboxylic acids is 1. The molecule has 1 heterocycles. The minimum Gasteiger partial charge on any atom is -0.496 e. The van der Waals surface area contributed by atoms with E-state index in [2.05, 4.69) is 0 Å². The van der Waals surface area contributed by atoms with Crippen LogP contribution >= 0.6 is 0 Å². The highest BCUT2D eigenvalue weighted by atomic mass is 16.5. The summed E-state index contributed by atoms with van der Waals surface area (Å²) in [7, 11) is 1.56. The van der Waals surface area contributed by atoms with E-state index in [1.165, 1.54) is 6.26 Å². The van der Waals surface area contributed by atoms with Crippen LogP contribution in [0, 0.1) is 20.8 Å². The van der Waals surface area contributed by atoms with Gasteiger partial charge in [0.15, 0.2) is 0 Å². The fourth-order valence-electron chi connectivity index (χ4n) is 3.89. The van der Waals surface area contributed by atoms with Gasteiger partial charge in [-0.1, -0.05) is 35.9 Å². The quantitative estimate of drug-likeness (QED) is 0.321. The summed E-state index contributed by atoms with van der Waals surface area (Å²) in [5.74, 6) is 0.455. The predicted octanol–water partition coefficient (Wildman–Crippen LogP) is 5.61. The third-order valence-corrected chi connectivity index (χ3v) is 5.23. The Hall–Kier alpha value is -3.86. The zero-order valence-electron chi connectivity index (χ0n) is 17.8. The van der Waals surface area contributed by atoms with Gasteiger partial charge in [0, 0.05) is 11.6 Å². The number of ether oxygens (including phenoxy) is 2. The zero-order valence-corrected chi connectivity index (χ0v) is 17.8. The molecule has 4 aromatic rings. The minimum absolute atomic E-state index is 0.186. The highest BCUT2D eigenvalue weighted by molar-refractivity contribution is 5.95. The van der Waals surface area contributed by atoms with E-state index in [9.17, 15) is 9.59 Å². The summed E-state index contributed by atoms with van der Waals surface area (Å²) < 4.78 is 16.7. The number of methoxy groups -OCH3 is 1. The molecule has 0 unspecified atom stereocenters. The molecule has 0 saturated heterocycles. The van der Waals surface area contributed by atoms with Crippen molar-refractivity contribution in [3.05, 3.63) is 93.3 Å². The fraction of sp³-hybridized carbons (Fsp3) is 0.154. The van der Waals surface area contributed by atoms with Gasteiger partial charge in [0.05, 0.1) is 23.6 Å². The van der Waals surface area contributed by atoms with Crippen molar-refractivity contribution >= 4 is 16.9 Å². The maximum atomic E-state index is 13.0. The van der Waals surface area contributed by atoms with Crippen molar-refractivity contribution in [2.75, 3.05) is 7.11 Å². The number of fused-ring (bicyclic) bond motifs is 1. The standard InChI is InChI=1S/C26H22O5/c1-15-11-16(2)24(17(3)12-15)26(28)31-18-9-10-20-23(13-18)30-14-21(25(20)27)19-7-5-6-8-22(19)29-4/h5-14H,1-4H3. The van der Waals surface area contributed by atoms with Gasteiger partial charge in [0.2, 0.25) is 5.43 Å². The minimum atomic E-state index is -0.442. The van der Waals surface area contributed by atoms with E-state index in [0.717, 1.165) is 16.7 Å². The highest BCUT2D eigenvalue weighted by Gasteiger charge is 2.17. The second-order valence-electron chi connectivity index (χ2n) is 7.50. The molecule has 0 N–H and O–H groups in total. The molecule has 0 aliphatic carbocycles. The maximum absolute atomic E-state index is 13.0. The summed E-state index contributed by atoms with van der Waals surface area (Å²) in [4.78, 5) is 25.8. The van der Waals surface area contributed by atoms with Crippen LogP contribution in [0.25, 0.3) is 22.1 Å². The normalized spacial score (nSPS) is 10.8. The van der Waals surface area contributed by atoms with Crippen molar-refractivity contribution < 1.29 is 18.7 Å². The van der Waals surface area contributed by atoms with Crippen molar-refractivity contribution in [1.82, 2.24) is 0 Å². The van der Waals surface area contributed by atoms with Gasteiger partial charge in [-0.3, -0.25) is 4.79 Å². The number of hydrogen-bond acceptors (Lipinski definition) is 5. The third-order valence-electron chi connectivity index (χ3n) is 5.23. The van der Waals surface area contributed by atoms with Gasteiger partial charge in [-0.25, -0.2) is 4.79 Å². The van der Waals surface area contributed by atoms with Crippen molar-refractivity contribution in [3.8, 4) is 22.6 Å². The Morgan fingerprint density at radius 2 is 1.61 bits per heavy atom. The number of aryl methyl sites for hydroxylation is 3. The van der Waals surface area contributed by atoms with Gasteiger partial charge in [-0.05, 0) is 50.1 Å². The summed E-state index contributed by atoms with van der Waals surface area (Å²) in [6.07, 6.45) is 1.41. The third kappa shape index (κ3) is 3.82. The lowest BCUT2D eigenvalue weighted by Gasteiger charge is -2.11. The molecular weight excluding hydrogens is 392 g/mol. The topological polar surface area (TPSA) is 65.7 Å². The van der Waals surface area contributed by atoms with E-state index in [1.807, 2.05) is 45.0 Å². The average molecular weight is 414 g/mol. The number of para-hydroxylation sites is 1. The summed E-state index contributed by atoms with van der Waals surface area (Å²) in [6, 6.07) is 15.9. The number of hydrogen-bond donors (Lipinski definition) is 0. The Labute approximate surface area is 179 Å². The molecule has 5 heteroatoms. The van der Waals surface area contributed by atoms with Gasteiger partial charge >= 0.3 is 5.97 Å². The van der Waals surface area contributed by atoms with Crippen LogP contribution in [0.3, 0.4) is 0 Å². The first-order valence-corrected chi connectivity index (χ1v) is 9.88. The van der Waals surface area contributed by atoms with Gasteiger partial charge in [-0.15, -0.1) is 0 Å². The molecule has 0 saturated carbocycles. The SMILES string of the molecule is COc1ccccc1-c1coc2cc(OC(=O)c3c(C)cc(C)cc3C)ccc2c1=O. The van der Waals surface area contributed by atoms with Crippen LogP contribution in [-0.4, -0.2) is 13.1 Å². The number of esters is 1. The van der Waals surface area contributed by atoms with E-state index in [0.29, 0.717) is 39.2 Å². The Balaban J connectivity index is 1.70. The molecule has 3 aromatic carbocycles. The van der Waals surface area contributed by atoms with Crippen LogP contribution < -0.4 is 14.9 Å². The first-order valence-electron chi connectivity index (χ1n) is 9.88. The summed E-state index contributed by atoms with van der Waals surface area (Å²) in [5, 5.41) is 0.394. The molecule has 0 atom stereocenters. The summed E-state index contributed by atoms with van der Waals surface area (Å²) in [5.41, 5.74) is 4.55. The van der Waals surface area contributed by atoms with Crippen LogP contribution in [0.1, 0.15) is 27.0 Å². The summed E-state index contributed by atoms with van der Waals surface area (Å²) >= 11 is 0. The second kappa shape index (κ2) is 8.11. The van der Waals surface area contributed by atoms with Gasteiger partial charge < -0.3 is 13.9 Å². The van der Waals surface area contributed by atoms with Crippen LogP contribution in [0.15, 0.2) is 70.1 Å². The molecule has 0 aliphatic rings. The molecule has 5 nitrogen and oxygen atoms in total.